The molecule has 0 aromatic carbocycles. The molecule has 9 nitrogen and oxygen atoms in total. The van der Waals surface area contributed by atoms with Gasteiger partial charge in [0, 0.05) is 12.4 Å². The maximum absolute atomic E-state index is 11.4. The Morgan fingerprint density at radius 3 is 2.00 bits per heavy atom. The van der Waals surface area contributed by atoms with Gasteiger partial charge in [0.1, 0.15) is 18.0 Å². The zero-order valence-corrected chi connectivity index (χ0v) is 11.2. The van der Waals surface area contributed by atoms with E-state index < -0.39 is 24.0 Å². The Hall–Kier alpha value is -3.23. The van der Waals surface area contributed by atoms with E-state index in [1.807, 2.05) is 0 Å². The molecule has 9 heteroatoms. The molecule has 0 saturated heterocycles. The standard InChI is InChI=1S/C13H13N5O4/c19-12(20)10(17-8-3-1-2-5-15-8)11(13(21)22)18-9-4-6-14-7-16-9/h1-7,10-11H,(H,15,17)(H,19,20)(H,21,22)(H,14,16,18). The van der Waals surface area contributed by atoms with E-state index in [0.29, 0.717) is 0 Å². The van der Waals surface area contributed by atoms with Crippen LogP contribution < -0.4 is 10.6 Å². The quantitative estimate of drug-likeness (QED) is 0.569. The predicted octanol–water partition coefficient (Wildman–Crippen LogP) is 0.302. The van der Waals surface area contributed by atoms with E-state index >= 15 is 0 Å². The number of nitrogens with one attached hydrogen (secondary N) is 2. The lowest BCUT2D eigenvalue weighted by atomic mass is 10.1. The van der Waals surface area contributed by atoms with E-state index in [1.165, 1.54) is 24.8 Å². The number of hydrogen-bond donors (Lipinski definition) is 4. The van der Waals surface area contributed by atoms with E-state index in [4.69, 9.17) is 0 Å². The minimum Gasteiger partial charge on any atom is -0.480 e. The highest BCUT2D eigenvalue weighted by molar-refractivity contribution is 5.89. The van der Waals surface area contributed by atoms with Gasteiger partial charge in [-0.1, -0.05) is 6.07 Å². The number of carboxylic acids is 2. The smallest absolute Gasteiger partial charge is 0.328 e. The fourth-order valence-electron chi connectivity index (χ4n) is 1.72. The Kier molecular flexibility index (Phi) is 4.81. The third kappa shape index (κ3) is 3.88. The normalized spacial score (nSPS) is 12.9. The molecule has 0 spiro atoms. The highest BCUT2D eigenvalue weighted by atomic mass is 16.4. The fourth-order valence-corrected chi connectivity index (χ4v) is 1.72. The first-order chi connectivity index (χ1) is 10.6. The van der Waals surface area contributed by atoms with E-state index in [0.717, 1.165) is 0 Å². The monoisotopic (exact) mass is 303 g/mol. The molecule has 0 bridgehead atoms. The molecule has 0 fully saturated rings. The van der Waals surface area contributed by atoms with E-state index in [2.05, 4.69) is 25.6 Å². The number of carbonyl (C=O) groups is 2. The minimum atomic E-state index is -1.45. The third-order valence-electron chi connectivity index (χ3n) is 2.72. The van der Waals surface area contributed by atoms with Gasteiger partial charge in [0.05, 0.1) is 0 Å². The lowest BCUT2D eigenvalue weighted by Gasteiger charge is -2.23. The number of rotatable bonds is 7. The van der Waals surface area contributed by atoms with Crippen molar-refractivity contribution in [2.24, 2.45) is 0 Å². The van der Waals surface area contributed by atoms with Gasteiger partial charge in [-0.3, -0.25) is 0 Å². The maximum Gasteiger partial charge on any atom is 0.328 e. The van der Waals surface area contributed by atoms with E-state index in [9.17, 15) is 19.8 Å². The fraction of sp³-hybridized carbons (Fsp3) is 0.154. The molecular weight excluding hydrogens is 290 g/mol. The molecule has 0 amide bonds. The molecule has 0 aliphatic carbocycles. The summed E-state index contributed by atoms with van der Waals surface area (Å²) in [5, 5.41) is 23.7. The first-order valence-electron chi connectivity index (χ1n) is 6.23. The molecule has 0 aliphatic heterocycles. The van der Waals surface area contributed by atoms with Gasteiger partial charge in [-0.2, -0.15) is 0 Å². The Balaban J connectivity index is 2.22. The highest BCUT2D eigenvalue weighted by Gasteiger charge is 2.34. The molecule has 2 atom stereocenters. The second-order valence-electron chi connectivity index (χ2n) is 4.23. The van der Waals surface area contributed by atoms with Gasteiger partial charge in [-0.25, -0.2) is 24.5 Å². The van der Waals surface area contributed by atoms with Crippen molar-refractivity contribution >= 4 is 23.6 Å². The molecule has 2 aromatic rings. The molecule has 2 rings (SSSR count). The van der Waals surface area contributed by atoms with Crippen LogP contribution in [0.2, 0.25) is 0 Å². The van der Waals surface area contributed by atoms with Crippen LogP contribution in [-0.2, 0) is 9.59 Å². The highest BCUT2D eigenvalue weighted by Crippen LogP contribution is 2.11. The molecule has 4 N–H and O–H groups in total. The molecule has 114 valence electrons. The Labute approximate surface area is 125 Å². The molecule has 0 radical (unpaired) electrons. The summed E-state index contributed by atoms with van der Waals surface area (Å²) in [5.41, 5.74) is 0. The van der Waals surface area contributed by atoms with Crippen molar-refractivity contribution < 1.29 is 19.8 Å². The van der Waals surface area contributed by atoms with Gasteiger partial charge in [0.15, 0.2) is 12.1 Å². The Bertz CT molecular complexity index is 580. The van der Waals surface area contributed by atoms with Crippen LogP contribution in [0.5, 0.6) is 0 Å². The van der Waals surface area contributed by atoms with Gasteiger partial charge >= 0.3 is 11.9 Å². The van der Waals surface area contributed by atoms with Crippen LogP contribution in [-0.4, -0.2) is 49.2 Å². The van der Waals surface area contributed by atoms with Crippen molar-refractivity contribution in [2.75, 3.05) is 10.6 Å². The van der Waals surface area contributed by atoms with Crippen molar-refractivity contribution in [3.63, 3.8) is 0 Å². The summed E-state index contributed by atoms with van der Waals surface area (Å²) in [6, 6.07) is 3.41. The molecule has 0 aliphatic rings. The third-order valence-corrected chi connectivity index (χ3v) is 2.72. The van der Waals surface area contributed by atoms with Crippen LogP contribution in [0.15, 0.2) is 43.0 Å². The van der Waals surface area contributed by atoms with Crippen molar-refractivity contribution in [3.05, 3.63) is 43.0 Å². The number of hydrogen-bond acceptors (Lipinski definition) is 7. The summed E-state index contributed by atoms with van der Waals surface area (Å²) < 4.78 is 0. The summed E-state index contributed by atoms with van der Waals surface area (Å²) >= 11 is 0. The van der Waals surface area contributed by atoms with Crippen molar-refractivity contribution in [2.45, 2.75) is 12.1 Å². The number of anilines is 2. The number of nitrogens with zero attached hydrogens (tertiary/aromatic N) is 3. The largest absolute Gasteiger partial charge is 0.480 e. The van der Waals surface area contributed by atoms with E-state index in [-0.39, 0.29) is 11.6 Å². The summed E-state index contributed by atoms with van der Waals surface area (Å²) in [7, 11) is 0. The minimum absolute atomic E-state index is 0.205. The van der Waals surface area contributed by atoms with Crippen LogP contribution >= 0.6 is 0 Å². The lowest BCUT2D eigenvalue weighted by Crippen LogP contribution is -2.50. The number of aromatic nitrogens is 3. The second-order valence-corrected chi connectivity index (χ2v) is 4.23. The molecule has 2 heterocycles. The molecule has 2 unspecified atom stereocenters. The number of aliphatic carboxylic acids is 2. The SMILES string of the molecule is O=C(O)C(Nc1ccccn1)C(Nc1ccncn1)C(=O)O. The second kappa shape index (κ2) is 6.97. The van der Waals surface area contributed by atoms with Crippen molar-refractivity contribution in [1.29, 1.82) is 0 Å². The van der Waals surface area contributed by atoms with Crippen LogP contribution in [0.1, 0.15) is 0 Å². The van der Waals surface area contributed by atoms with Crippen LogP contribution in [0.4, 0.5) is 11.6 Å². The van der Waals surface area contributed by atoms with Gasteiger partial charge in [0.25, 0.3) is 0 Å². The topological polar surface area (TPSA) is 137 Å². The van der Waals surface area contributed by atoms with Crippen LogP contribution in [0, 0.1) is 0 Å². The summed E-state index contributed by atoms with van der Waals surface area (Å²) in [4.78, 5) is 34.3. The molecule has 0 saturated carbocycles. The van der Waals surface area contributed by atoms with Crippen molar-refractivity contribution in [3.8, 4) is 0 Å². The van der Waals surface area contributed by atoms with Crippen LogP contribution in [0.25, 0.3) is 0 Å². The summed E-state index contributed by atoms with van der Waals surface area (Å²) in [6.45, 7) is 0. The van der Waals surface area contributed by atoms with Crippen molar-refractivity contribution in [1.82, 2.24) is 15.0 Å². The Morgan fingerprint density at radius 2 is 1.55 bits per heavy atom. The zero-order chi connectivity index (χ0) is 15.9. The van der Waals surface area contributed by atoms with Gasteiger partial charge < -0.3 is 20.8 Å². The predicted molar refractivity (Wildman–Crippen MR) is 76.4 cm³/mol. The number of carboxylic acid groups (broad SMARTS) is 2. The first kappa shape index (κ1) is 15.2. The first-order valence-corrected chi connectivity index (χ1v) is 6.23. The lowest BCUT2D eigenvalue weighted by molar-refractivity contribution is -0.145. The molecule has 22 heavy (non-hydrogen) atoms. The summed E-state index contributed by atoms with van der Waals surface area (Å²) in [5.74, 6) is -2.21. The van der Waals surface area contributed by atoms with E-state index in [1.54, 1.807) is 18.2 Å². The maximum atomic E-state index is 11.4. The molecule has 2 aromatic heterocycles. The zero-order valence-electron chi connectivity index (χ0n) is 11.2. The van der Waals surface area contributed by atoms with Gasteiger partial charge in [-0.15, -0.1) is 0 Å². The van der Waals surface area contributed by atoms with Crippen LogP contribution in [0.3, 0.4) is 0 Å². The number of pyridine rings is 1. The molecular formula is C13H13N5O4. The average Bonchev–Trinajstić information content (AvgIpc) is 2.52. The summed E-state index contributed by atoms with van der Waals surface area (Å²) in [6.07, 6.45) is 4.11. The Morgan fingerprint density at radius 1 is 0.909 bits per heavy atom. The van der Waals surface area contributed by atoms with Gasteiger partial charge in [-0.05, 0) is 18.2 Å². The van der Waals surface area contributed by atoms with Gasteiger partial charge in [0.2, 0.25) is 0 Å². The average molecular weight is 303 g/mol.